The van der Waals surface area contributed by atoms with E-state index in [1.807, 2.05) is 61.6 Å². The summed E-state index contributed by atoms with van der Waals surface area (Å²) >= 11 is 2.03. The Morgan fingerprint density at radius 1 is 1.11 bits per heavy atom. The second-order valence-electron chi connectivity index (χ2n) is 9.12. The van der Waals surface area contributed by atoms with Crippen LogP contribution in [0.5, 0.6) is 0 Å². The Morgan fingerprint density at radius 2 is 1.78 bits per heavy atom. The van der Waals surface area contributed by atoms with E-state index < -0.39 is 17.4 Å². The van der Waals surface area contributed by atoms with E-state index in [-0.39, 0.29) is 11.7 Å². The SMILES string of the molecule is CC(C)(C)OC(=O)N(CCCN)Cc1ccc(-n2cc(I)c(NC(=O)c3ccccc3)nc2=O)cc1. The standard InChI is InChI=1S/C26H30IN5O4/c1-26(2,3)36-25(35)31(15-7-14-28)16-18-10-12-20(13-11-18)32-17-21(27)22(30-24(32)34)29-23(33)19-8-5-4-6-9-19/h4-6,8-13,17H,7,14-16,28H2,1-3H3,(H,29,30,33,34). The molecule has 9 nitrogen and oxygen atoms in total. The molecule has 0 fully saturated rings. The van der Waals surface area contributed by atoms with Crippen LogP contribution in [0, 0.1) is 3.57 Å². The van der Waals surface area contributed by atoms with Crippen molar-refractivity contribution in [3.05, 3.63) is 86.0 Å². The van der Waals surface area contributed by atoms with E-state index in [2.05, 4.69) is 10.3 Å². The molecule has 0 unspecified atom stereocenters. The van der Waals surface area contributed by atoms with Gasteiger partial charge in [0, 0.05) is 24.8 Å². The summed E-state index contributed by atoms with van der Waals surface area (Å²) in [7, 11) is 0. The summed E-state index contributed by atoms with van der Waals surface area (Å²) in [4.78, 5) is 43.5. The summed E-state index contributed by atoms with van der Waals surface area (Å²) in [6.07, 6.45) is 1.88. The van der Waals surface area contributed by atoms with Gasteiger partial charge in [-0.25, -0.2) is 9.59 Å². The van der Waals surface area contributed by atoms with Gasteiger partial charge in [-0.3, -0.25) is 9.36 Å². The summed E-state index contributed by atoms with van der Waals surface area (Å²) in [6.45, 7) is 6.77. The highest BCUT2D eigenvalue weighted by molar-refractivity contribution is 14.1. The molecular formula is C26H30IN5O4. The molecule has 0 atom stereocenters. The predicted octanol–water partition coefficient (Wildman–Crippen LogP) is 4.18. The highest BCUT2D eigenvalue weighted by Crippen LogP contribution is 2.18. The van der Waals surface area contributed by atoms with Crippen LogP contribution in [0.1, 0.15) is 43.1 Å². The number of nitrogens with two attached hydrogens (primary N) is 1. The van der Waals surface area contributed by atoms with E-state index in [0.717, 1.165) is 5.56 Å². The Balaban J connectivity index is 1.76. The topological polar surface area (TPSA) is 120 Å². The number of benzene rings is 2. The van der Waals surface area contributed by atoms with Gasteiger partial charge in [0.25, 0.3) is 5.91 Å². The average molecular weight is 603 g/mol. The number of hydrogen-bond donors (Lipinski definition) is 2. The van der Waals surface area contributed by atoms with E-state index >= 15 is 0 Å². The van der Waals surface area contributed by atoms with Crippen LogP contribution in [0.2, 0.25) is 0 Å². The molecule has 0 aliphatic carbocycles. The van der Waals surface area contributed by atoms with Gasteiger partial charge in [0.05, 0.1) is 9.26 Å². The van der Waals surface area contributed by atoms with Crippen LogP contribution < -0.4 is 16.7 Å². The van der Waals surface area contributed by atoms with Crippen LogP contribution in [0.3, 0.4) is 0 Å². The van der Waals surface area contributed by atoms with Crippen molar-refractivity contribution in [3.8, 4) is 5.69 Å². The zero-order valence-corrected chi connectivity index (χ0v) is 22.7. The van der Waals surface area contributed by atoms with E-state index in [4.69, 9.17) is 10.5 Å². The molecule has 0 saturated carbocycles. The number of ether oxygens (including phenoxy) is 1. The van der Waals surface area contributed by atoms with Crippen molar-refractivity contribution in [2.45, 2.75) is 39.3 Å². The molecule has 0 aliphatic heterocycles. The Bertz CT molecular complexity index is 1250. The first-order valence-electron chi connectivity index (χ1n) is 11.5. The number of aromatic nitrogens is 2. The Morgan fingerprint density at radius 3 is 2.39 bits per heavy atom. The monoisotopic (exact) mass is 603 g/mol. The molecule has 3 N–H and O–H groups in total. The molecule has 1 aromatic heterocycles. The summed E-state index contributed by atoms with van der Waals surface area (Å²) < 4.78 is 7.54. The lowest BCUT2D eigenvalue weighted by Gasteiger charge is -2.27. The molecule has 1 heterocycles. The molecule has 190 valence electrons. The Kier molecular flexibility index (Phi) is 9.21. The lowest BCUT2D eigenvalue weighted by Crippen LogP contribution is -2.37. The van der Waals surface area contributed by atoms with Crippen LogP contribution in [-0.4, -0.2) is 45.1 Å². The van der Waals surface area contributed by atoms with Crippen molar-refractivity contribution in [2.24, 2.45) is 5.73 Å². The number of amides is 2. The van der Waals surface area contributed by atoms with Gasteiger partial charge in [0.15, 0.2) is 5.82 Å². The van der Waals surface area contributed by atoms with Gasteiger partial charge >= 0.3 is 11.8 Å². The maximum atomic E-state index is 12.7. The molecule has 10 heteroatoms. The zero-order chi connectivity index (χ0) is 26.3. The van der Waals surface area contributed by atoms with Gasteiger partial charge in [-0.1, -0.05) is 30.3 Å². The quantitative estimate of drug-likeness (QED) is 0.373. The number of anilines is 1. The third-order valence-electron chi connectivity index (χ3n) is 5.02. The summed E-state index contributed by atoms with van der Waals surface area (Å²) in [5, 5.41) is 2.69. The fourth-order valence-electron chi connectivity index (χ4n) is 3.30. The number of nitrogens with zero attached hydrogens (tertiary/aromatic N) is 3. The minimum Gasteiger partial charge on any atom is -0.444 e. The molecule has 3 aromatic rings. The normalized spacial score (nSPS) is 11.1. The van der Waals surface area contributed by atoms with Crippen LogP contribution >= 0.6 is 22.6 Å². The molecule has 2 aromatic carbocycles. The van der Waals surface area contributed by atoms with Crippen molar-refractivity contribution in [1.29, 1.82) is 0 Å². The number of nitrogens with one attached hydrogen (secondary N) is 1. The largest absolute Gasteiger partial charge is 0.444 e. The van der Waals surface area contributed by atoms with Crippen LogP contribution in [0.25, 0.3) is 5.69 Å². The minimum absolute atomic E-state index is 0.204. The van der Waals surface area contributed by atoms with Crippen molar-refractivity contribution < 1.29 is 14.3 Å². The fourth-order valence-corrected chi connectivity index (χ4v) is 3.83. The van der Waals surface area contributed by atoms with E-state index in [1.54, 1.807) is 47.5 Å². The first-order valence-corrected chi connectivity index (χ1v) is 12.6. The molecule has 0 radical (unpaired) electrons. The highest BCUT2D eigenvalue weighted by atomic mass is 127. The van der Waals surface area contributed by atoms with Crippen LogP contribution in [0.15, 0.2) is 65.6 Å². The van der Waals surface area contributed by atoms with Crippen molar-refractivity contribution >= 4 is 40.4 Å². The maximum Gasteiger partial charge on any atom is 0.410 e. The predicted molar refractivity (Wildman–Crippen MR) is 147 cm³/mol. The van der Waals surface area contributed by atoms with E-state index in [1.165, 1.54) is 4.57 Å². The van der Waals surface area contributed by atoms with E-state index in [0.29, 0.717) is 40.9 Å². The third kappa shape index (κ3) is 7.62. The van der Waals surface area contributed by atoms with Gasteiger partial charge in [0.1, 0.15) is 5.60 Å². The first kappa shape index (κ1) is 27.3. The van der Waals surface area contributed by atoms with Crippen molar-refractivity contribution in [3.63, 3.8) is 0 Å². The second kappa shape index (κ2) is 12.1. The van der Waals surface area contributed by atoms with Gasteiger partial charge in [-0.2, -0.15) is 4.98 Å². The lowest BCUT2D eigenvalue weighted by atomic mass is 10.2. The van der Waals surface area contributed by atoms with Gasteiger partial charge in [-0.15, -0.1) is 0 Å². The first-order chi connectivity index (χ1) is 17.1. The van der Waals surface area contributed by atoms with E-state index in [9.17, 15) is 14.4 Å². The van der Waals surface area contributed by atoms with Gasteiger partial charge in [-0.05, 0) is 86.2 Å². The minimum atomic E-state index is -0.597. The number of halogens is 1. The second-order valence-corrected chi connectivity index (χ2v) is 10.3. The molecule has 3 rings (SSSR count). The number of carbonyl (C=O) groups is 2. The smallest absolute Gasteiger partial charge is 0.410 e. The molecular weight excluding hydrogens is 573 g/mol. The molecule has 2 amide bonds. The highest BCUT2D eigenvalue weighted by Gasteiger charge is 2.22. The molecule has 0 spiro atoms. The molecule has 0 bridgehead atoms. The Labute approximate surface area is 223 Å². The number of carbonyl (C=O) groups excluding carboxylic acids is 2. The van der Waals surface area contributed by atoms with Crippen molar-refractivity contribution in [2.75, 3.05) is 18.4 Å². The fraction of sp³-hybridized carbons (Fsp3) is 0.308. The lowest BCUT2D eigenvalue weighted by molar-refractivity contribution is 0.0232. The summed E-state index contributed by atoms with van der Waals surface area (Å²) in [6, 6.07) is 16.0. The van der Waals surface area contributed by atoms with Gasteiger partial charge < -0.3 is 20.7 Å². The number of rotatable bonds is 8. The van der Waals surface area contributed by atoms with Crippen molar-refractivity contribution in [1.82, 2.24) is 14.5 Å². The average Bonchev–Trinajstić information content (AvgIpc) is 2.83. The van der Waals surface area contributed by atoms with Crippen LogP contribution in [0.4, 0.5) is 10.6 Å². The Hall–Kier alpha value is -3.25. The number of hydrogen-bond acceptors (Lipinski definition) is 6. The van der Waals surface area contributed by atoms with Gasteiger partial charge in [0.2, 0.25) is 0 Å². The summed E-state index contributed by atoms with van der Waals surface area (Å²) in [5.74, 6) is -0.137. The zero-order valence-electron chi connectivity index (χ0n) is 20.5. The maximum absolute atomic E-state index is 12.7. The van der Waals surface area contributed by atoms with Crippen LogP contribution in [-0.2, 0) is 11.3 Å². The molecule has 0 aliphatic rings. The summed E-state index contributed by atoms with van der Waals surface area (Å²) in [5.41, 5.74) is 6.48. The third-order valence-corrected chi connectivity index (χ3v) is 5.81. The molecule has 36 heavy (non-hydrogen) atoms. The molecule has 0 saturated heterocycles.